The highest BCUT2D eigenvalue weighted by molar-refractivity contribution is 7.12. The molecule has 2 heterocycles. The molecule has 3 rings (SSSR count). The van der Waals surface area contributed by atoms with Crippen LogP contribution in [0.5, 0.6) is 0 Å². The van der Waals surface area contributed by atoms with Crippen molar-refractivity contribution in [1.29, 1.82) is 0 Å². The highest BCUT2D eigenvalue weighted by Gasteiger charge is 2.13. The molecule has 0 saturated carbocycles. The fourth-order valence-corrected chi connectivity index (χ4v) is 2.73. The number of carbonyl (C=O) groups is 2. The Hall–Kier alpha value is -2.47. The van der Waals surface area contributed by atoms with Crippen LogP contribution in [0, 0.1) is 0 Å². The minimum Gasteiger partial charge on any atom is -0.469 e. The molecule has 0 amide bonds. The van der Waals surface area contributed by atoms with Gasteiger partial charge in [0.1, 0.15) is 12.2 Å². The maximum absolute atomic E-state index is 12.3. The van der Waals surface area contributed by atoms with E-state index in [0.717, 1.165) is 11.0 Å². The molecule has 21 heavy (non-hydrogen) atoms. The summed E-state index contributed by atoms with van der Waals surface area (Å²) in [6.07, 6.45) is 0.0827. The molecule has 0 radical (unpaired) electrons. The summed E-state index contributed by atoms with van der Waals surface area (Å²) in [7, 11) is 1.34. The number of nitrogens with zero attached hydrogens (tertiary/aromatic N) is 1. The molecule has 0 spiro atoms. The maximum atomic E-state index is 12.3. The van der Waals surface area contributed by atoms with E-state index < -0.39 is 0 Å². The number of aromatic amines is 1. The number of rotatable bonds is 4. The van der Waals surface area contributed by atoms with Crippen molar-refractivity contribution < 1.29 is 14.3 Å². The van der Waals surface area contributed by atoms with Gasteiger partial charge in [0.15, 0.2) is 0 Å². The Morgan fingerprint density at radius 1 is 1.33 bits per heavy atom. The molecule has 0 unspecified atom stereocenters. The van der Waals surface area contributed by atoms with E-state index in [1.807, 2.05) is 11.4 Å². The molecule has 0 atom stereocenters. The summed E-state index contributed by atoms with van der Waals surface area (Å²) in [4.78, 5) is 31.6. The lowest BCUT2D eigenvalue weighted by Gasteiger charge is -1.97. The lowest BCUT2D eigenvalue weighted by atomic mass is 10.1. The first-order chi connectivity index (χ1) is 10.2. The Morgan fingerprint density at radius 3 is 2.90 bits per heavy atom. The second-order valence-corrected chi connectivity index (χ2v) is 5.42. The van der Waals surface area contributed by atoms with Crippen LogP contribution in [-0.2, 0) is 16.0 Å². The van der Waals surface area contributed by atoms with Crippen LogP contribution in [-0.4, -0.2) is 28.8 Å². The zero-order chi connectivity index (χ0) is 14.8. The number of esters is 1. The molecular weight excluding hydrogens is 288 g/mol. The second-order valence-electron chi connectivity index (χ2n) is 4.47. The number of methoxy groups -OCH3 is 1. The monoisotopic (exact) mass is 300 g/mol. The number of benzene rings is 1. The molecule has 6 heteroatoms. The van der Waals surface area contributed by atoms with E-state index in [1.165, 1.54) is 18.4 Å². The van der Waals surface area contributed by atoms with Gasteiger partial charge in [-0.2, -0.15) is 0 Å². The molecular formula is C15H12N2O3S. The zero-order valence-electron chi connectivity index (χ0n) is 11.3. The number of ketones is 1. The topological polar surface area (TPSA) is 72.0 Å². The lowest BCUT2D eigenvalue weighted by Crippen LogP contribution is -2.05. The van der Waals surface area contributed by atoms with Crippen LogP contribution in [0.3, 0.4) is 0 Å². The first-order valence-corrected chi connectivity index (χ1v) is 7.19. The quantitative estimate of drug-likeness (QED) is 0.594. The van der Waals surface area contributed by atoms with Gasteiger partial charge >= 0.3 is 5.97 Å². The lowest BCUT2D eigenvalue weighted by molar-refractivity contribution is -0.139. The molecule has 0 fully saturated rings. The molecule has 1 N–H and O–H groups in total. The Kier molecular flexibility index (Phi) is 3.53. The maximum Gasteiger partial charge on any atom is 0.313 e. The van der Waals surface area contributed by atoms with Crippen LogP contribution < -0.4 is 0 Å². The third-order valence-electron chi connectivity index (χ3n) is 3.08. The third-order valence-corrected chi connectivity index (χ3v) is 3.95. The SMILES string of the molecule is COC(=O)Cc1nc2ccc(C(=O)c3cccs3)cc2[nH]1. The number of hydrogen-bond donors (Lipinski definition) is 1. The summed E-state index contributed by atoms with van der Waals surface area (Å²) in [5.41, 5.74) is 2.05. The highest BCUT2D eigenvalue weighted by Crippen LogP contribution is 2.19. The van der Waals surface area contributed by atoms with Gasteiger partial charge in [-0.15, -0.1) is 11.3 Å². The van der Waals surface area contributed by atoms with E-state index in [-0.39, 0.29) is 18.2 Å². The molecule has 0 aliphatic carbocycles. The Bertz CT molecular complexity index is 806. The molecule has 0 bridgehead atoms. The van der Waals surface area contributed by atoms with Crippen molar-refractivity contribution in [3.05, 3.63) is 52.0 Å². The number of aromatic nitrogens is 2. The van der Waals surface area contributed by atoms with E-state index in [2.05, 4.69) is 14.7 Å². The van der Waals surface area contributed by atoms with Gasteiger partial charge in [0.25, 0.3) is 0 Å². The van der Waals surface area contributed by atoms with Gasteiger partial charge in [-0.1, -0.05) is 6.07 Å². The first kappa shape index (κ1) is 13.5. The van der Waals surface area contributed by atoms with Crippen molar-refractivity contribution in [1.82, 2.24) is 9.97 Å². The minimum absolute atomic E-state index is 0.0176. The van der Waals surface area contributed by atoms with E-state index in [0.29, 0.717) is 16.3 Å². The molecule has 3 aromatic rings. The van der Waals surface area contributed by atoms with E-state index in [9.17, 15) is 9.59 Å². The zero-order valence-corrected chi connectivity index (χ0v) is 12.1. The molecule has 1 aromatic carbocycles. The molecule has 2 aromatic heterocycles. The van der Waals surface area contributed by atoms with Crippen molar-refractivity contribution >= 4 is 34.1 Å². The molecule has 0 aliphatic rings. The summed E-state index contributed by atoms with van der Waals surface area (Å²) in [5.74, 6) is 0.150. The number of hydrogen-bond acceptors (Lipinski definition) is 5. The van der Waals surface area contributed by atoms with Gasteiger partial charge < -0.3 is 9.72 Å². The number of carbonyl (C=O) groups excluding carboxylic acids is 2. The second kappa shape index (κ2) is 5.49. The third kappa shape index (κ3) is 2.71. The number of thiophene rings is 1. The van der Waals surface area contributed by atoms with Crippen LogP contribution in [0.1, 0.15) is 21.1 Å². The summed E-state index contributed by atoms with van der Waals surface area (Å²) in [6, 6.07) is 8.92. The van der Waals surface area contributed by atoms with Crippen molar-refractivity contribution in [3.8, 4) is 0 Å². The number of ether oxygens (including phenoxy) is 1. The van der Waals surface area contributed by atoms with Gasteiger partial charge in [0.05, 0.1) is 23.0 Å². The Balaban J connectivity index is 1.93. The fraction of sp³-hybridized carbons (Fsp3) is 0.133. The average Bonchev–Trinajstić information content (AvgIpc) is 3.14. The number of fused-ring (bicyclic) bond motifs is 1. The smallest absolute Gasteiger partial charge is 0.313 e. The van der Waals surface area contributed by atoms with E-state index >= 15 is 0 Å². The van der Waals surface area contributed by atoms with Crippen LogP contribution >= 0.6 is 11.3 Å². The molecule has 5 nitrogen and oxygen atoms in total. The van der Waals surface area contributed by atoms with Gasteiger partial charge in [-0.25, -0.2) is 4.98 Å². The number of nitrogens with one attached hydrogen (secondary N) is 1. The summed E-state index contributed by atoms with van der Waals surface area (Å²) < 4.78 is 4.61. The fourth-order valence-electron chi connectivity index (χ4n) is 2.05. The van der Waals surface area contributed by atoms with Gasteiger partial charge in [-0.3, -0.25) is 9.59 Å². The summed E-state index contributed by atoms with van der Waals surface area (Å²) >= 11 is 1.41. The Labute approximate surface area is 124 Å². The van der Waals surface area contributed by atoms with E-state index in [1.54, 1.807) is 24.3 Å². The summed E-state index contributed by atoms with van der Waals surface area (Å²) in [6.45, 7) is 0. The normalized spacial score (nSPS) is 10.7. The molecule has 0 saturated heterocycles. The molecule has 106 valence electrons. The standard InChI is InChI=1S/C15H12N2O3S/c1-20-14(18)8-13-16-10-5-4-9(7-11(10)17-13)15(19)12-3-2-6-21-12/h2-7H,8H2,1H3,(H,16,17). The van der Waals surface area contributed by atoms with Gasteiger partial charge in [0, 0.05) is 5.56 Å². The van der Waals surface area contributed by atoms with E-state index in [4.69, 9.17) is 0 Å². The largest absolute Gasteiger partial charge is 0.469 e. The average molecular weight is 300 g/mol. The van der Waals surface area contributed by atoms with Crippen LogP contribution in [0.25, 0.3) is 11.0 Å². The van der Waals surface area contributed by atoms with Gasteiger partial charge in [0.2, 0.25) is 5.78 Å². The molecule has 0 aliphatic heterocycles. The minimum atomic E-state index is -0.357. The van der Waals surface area contributed by atoms with Crippen molar-refractivity contribution in [2.75, 3.05) is 7.11 Å². The predicted molar refractivity (Wildman–Crippen MR) is 79.6 cm³/mol. The van der Waals surface area contributed by atoms with Crippen LogP contribution in [0.4, 0.5) is 0 Å². The van der Waals surface area contributed by atoms with Gasteiger partial charge in [-0.05, 0) is 29.6 Å². The van der Waals surface area contributed by atoms with Crippen molar-refractivity contribution in [3.63, 3.8) is 0 Å². The van der Waals surface area contributed by atoms with Crippen molar-refractivity contribution in [2.45, 2.75) is 6.42 Å². The van der Waals surface area contributed by atoms with Crippen molar-refractivity contribution in [2.24, 2.45) is 0 Å². The number of imidazole rings is 1. The first-order valence-electron chi connectivity index (χ1n) is 6.31. The van der Waals surface area contributed by atoms with Crippen LogP contribution in [0.15, 0.2) is 35.7 Å². The highest BCUT2D eigenvalue weighted by atomic mass is 32.1. The predicted octanol–water partition coefficient (Wildman–Crippen LogP) is 2.57. The van der Waals surface area contributed by atoms with Crippen LogP contribution in [0.2, 0.25) is 0 Å². The Morgan fingerprint density at radius 2 is 2.19 bits per heavy atom. The summed E-state index contributed by atoms with van der Waals surface area (Å²) in [5, 5.41) is 1.87. The number of H-pyrrole nitrogens is 1.